The van der Waals surface area contributed by atoms with Crippen LogP contribution in [0.25, 0.3) is 0 Å². The second-order valence-electron chi connectivity index (χ2n) is 8.45. The van der Waals surface area contributed by atoms with E-state index in [9.17, 15) is 13.2 Å². The van der Waals surface area contributed by atoms with E-state index in [-0.39, 0.29) is 12.1 Å². The van der Waals surface area contributed by atoms with Gasteiger partial charge in [0.2, 0.25) is 0 Å². The van der Waals surface area contributed by atoms with Gasteiger partial charge in [0.25, 0.3) is 0 Å². The van der Waals surface area contributed by atoms with Gasteiger partial charge in [-0.15, -0.1) is 0 Å². The fraction of sp³-hybridized carbons (Fsp3) is 0.750. The summed E-state index contributed by atoms with van der Waals surface area (Å²) in [5.74, 6) is 0.832. The Kier molecular flexibility index (Phi) is 6.39. The lowest BCUT2D eigenvalue weighted by Gasteiger charge is -2.45. The maximum Gasteiger partial charge on any atom is 0.401 e. The number of aromatic nitrogens is 1. The summed E-state index contributed by atoms with van der Waals surface area (Å²) in [4.78, 5) is 8.37. The summed E-state index contributed by atoms with van der Waals surface area (Å²) in [5.41, 5.74) is 7.93. The molecule has 3 N–H and O–H groups in total. The Labute approximate surface area is 165 Å². The van der Waals surface area contributed by atoms with Crippen molar-refractivity contribution >= 4 is 11.5 Å². The largest absolute Gasteiger partial charge is 0.401 e. The SMILES string of the molecule is Cc1nc(N2CC(C)N(CC(F)(F)F)C(C)C2)ccc1NC1CCC(N)CC1. The van der Waals surface area contributed by atoms with Crippen LogP contribution in [0.3, 0.4) is 0 Å². The molecule has 1 saturated carbocycles. The molecule has 28 heavy (non-hydrogen) atoms. The number of alkyl halides is 3. The van der Waals surface area contributed by atoms with Gasteiger partial charge in [-0.3, -0.25) is 4.90 Å². The molecule has 1 aliphatic carbocycles. The monoisotopic (exact) mass is 399 g/mol. The molecule has 2 heterocycles. The molecule has 0 spiro atoms. The van der Waals surface area contributed by atoms with E-state index < -0.39 is 12.7 Å². The van der Waals surface area contributed by atoms with Gasteiger partial charge in [0, 0.05) is 37.3 Å². The van der Waals surface area contributed by atoms with Gasteiger partial charge >= 0.3 is 6.18 Å². The van der Waals surface area contributed by atoms with Crippen LogP contribution in [0.1, 0.15) is 45.2 Å². The molecule has 2 unspecified atom stereocenters. The van der Waals surface area contributed by atoms with E-state index in [4.69, 9.17) is 10.7 Å². The van der Waals surface area contributed by atoms with Gasteiger partial charge in [-0.05, 0) is 58.6 Å². The molecule has 0 bridgehead atoms. The molecule has 2 atom stereocenters. The molecule has 5 nitrogen and oxygen atoms in total. The minimum Gasteiger partial charge on any atom is -0.381 e. The average Bonchev–Trinajstić information content (AvgIpc) is 2.61. The van der Waals surface area contributed by atoms with Gasteiger partial charge in [0.1, 0.15) is 5.82 Å². The van der Waals surface area contributed by atoms with E-state index in [1.807, 2.05) is 32.9 Å². The van der Waals surface area contributed by atoms with E-state index in [1.165, 1.54) is 4.90 Å². The van der Waals surface area contributed by atoms with Gasteiger partial charge in [0.15, 0.2) is 0 Å². The Hall–Kier alpha value is -1.54. The third-order valence-corrected chi connectivity index (χ3v) is 5.99. The van der Waals surface area contributed by atoms with Gasteiger partial charge in [-0.2, -0.15) is 13.2 Å². The fourth-order valence-electron chi connectivity index (χ4n) is 4.42. The number of hydrogen-bond donors (Lipinski definition) is 2. The van der Waals surface area contributed by atoms with Crippen LogP contribution in [0.15, 0.2) is 12.1 Å². The standard InChI is InChI=1S/C20H32F3N5/c1-13-10-27(11-14(2)28(13)12-20(21,22)23)19-9-8-18(15(3)25-19)26-17-6-4-16(24)5-7-17/h8-9,13-14,16-17,26H,4-7,10-12,24H2,1-3H3. The molecule has 1 aromatic rings. The zero-order valence-electron chi connectivity index (χ0n) is 17.0. The van der Waals surface area contributed by atoms with Gasteiger partial charge in [-0.1, -0.05) is 0 Å². The summed E-state index contributed by atoms with van der Waals surface area (Å²) < 4.78 is 38.5. The highest BCUT2D eigenvalue weighted by Crippen LogP contribution is 2.28. The molecule has 3 rings (SSSR count). The number of hydrogen-bond acceptors (Lipinski definition) is 5. The molecular formula is C20H32F3N5. The van der Waals surface area contributed by atoms with E-state index in [0.29, 0.717) is 25.2 Å². The summed E-state index contributed by atoms with van der Waals surface area (Å²) in [5, 5.41) is 3.58. The lowest BCUT2D eigenvalue weighted by Crippen LogP contribution is -2.59. The molecule has 2 fully saturated rings. The summed E-state index contributed by atoms with van der Waals surface area (Å²) in [6, 6.07) is 4.40. The van der Waals surface area contributed by atoms with Crippen molar-refractivity contribution in [2.75, 3.05) is 29.9 Å². The van der Waals surface area contributed by atoms with E-state index in [0.717, 1.165) is 42.9 Å². The predicted molar refractivity (Wildman–Crippen MR) is 107 cm³/mol. The number of rotatable bonds is 4. The molecule has 0 aromatic carbocycles. The lowest BCUT2D eigenvalue weighted by molar-refractivity contribution is -0.156. The first-order chi connectivity index (χ1) is 13.1. The maximum absolute atomic E-state index is 12.8. The maximum atomic E-state index is 12.8. The van der Waals surface area contributed by atoms with Crippen molar-refractivity contribution in [2.24, 2.45) is 5.73 Å². The molecule has 0 amide bonds. The zero-order chi connectivity index (χ0) is 20.5. The molecule has 1 aromatic heterocycles. The molecule has 2 aliphatic rings. The van der Waals surface area contributed by atoms with E-state index >= 15 is 0 Å². The fourth-order valence-corrected chi connectivity index (χ4v) is 4.42. The molecule has 1 aliphatic heterocycles. The molecule has 8 heteroatoms. The van der Waals surface area contributed by atoms with Crippen molar-refractivity contribution in [3.63, 3.8) is 0 Å². The van der Waals surface area contributed by atoms with E-state index in [1.54, 1.807) is 0 Å². The van der Waals surface area contributed by atoms with Crippen molar-refractivity contribution in [3.05, 3.63) is 17.8 Å². The van der Waals surface area contributed by atoms with Crippen LogP contribution in [0.4, 0.5) is 24.7 Å². The van der Waals surface area contributed by atoms with Gasteiger partial charge < -0.3 is 16.0 Å². The first-order valence-corrected chi connectivity index (χ1v) is 10.2. The van der Waals surface area contributed by atoms with Gasteiger partial charge in [-0.25, -0.2) is 4.98 Å². The van der Waals surface area contributed by atoms with Crippen LogP contribution in [0.5, 0.6) is 0 Å². The number of nitrogens with two attached hydrogens (primary N) is 1. The quantitative estimate of drug-likeness (QED) is 0.811. The Balaban J connectivity index is 1.64. The number of aryl methyl sites for hydroxylation is 1. The van der Waals surface area contributed by atoms with Crippen molar-refractivity contribution in [3.8, 4) is 0 Å². The summed E-state index contributed by atoms with van der Waals surface area (Å²) in [7, 11) is 0. The normalized spacial score (nSPS) is 29.8. The van der Waals surface area contributed by atoms with Crippen LogP contribution in [0.2, 0.25) is 0 Å². The molecule has 1 saturated heterocycles. The van der Waals surface area contributed by atoms with Crippen molar-refractivity contribution < 1.29 is 13.2 Å². The Bertz CT molecular complexity index is 646. The number of piperazine rings is 1. The Morgan fingerprint density at radius 2 is 1.71 bits per heavy atom. The summed E-state index contributed by atoms with van der Waals surface area (Å²) in [6.45, 7) is 5.91. The number of anilines is 2. The minimum absolute atomic E-state index is 0.184. The number of nitrogens with one attached hydrogen (secondary N) is 1. The van der Waals surface area contributed by atoms with E-state index in [2.05, 4.69) is 10.2 Å². The number of halogens is 3. The topological polar surface area (TPSA) is 57.4 Å². The number of nitrogens with zero attached hydrogens (tertiary/aromatic N) is 3. The Morgan fingerprint density at radius 3 is 2.25 bits per heavy atom. The molecule has 0 radical (unpaired) electrons. The first-order valence-electron chi connectivity index (χ1n) is 10.2. The minimum atomic E-state index is -4.17. The third kappa shape index (κ3) is 5.29. The summed E-state index contributed by atoms with van der Waals surface area (Å²) >= 11 is 0. The van der Waals surface area contributed by atoms with Crippen LogP contribution in [-0.2, 0) is 0 Å². The third-order valence-electron chi connectivity index (χ3n) is 5.99. The van der Waals surface area contributed by atoms with Crippen molar-refractivity contribution in [1.29, 1.82) is 0 Å². The predicted octanol–water partition coefficient (Wildman–Crippen LogP) is 3.53. The van der Waals surface area contributed by atoms with Crippen LogP contribution >= 0.6 is 0 Å². The highest BCUT2D eigenvalue weighted by atomic mass is 19.4. The molecule has 158 valence electrons. The molecular weight excluding hydrogens is 367 g/mol. The highest BCUT2D eigenvalue weighted by Gasteiger charge is 2.38. The van der Waals surface area contributed by atoms with Crippen LogP contribution in [-0.4, -0.2) is 59.9 Å². The van der Waals surface area contributed by atoms with Gasteiger partial charge in [0.05, 0.1) is 17.9 Å². The van der Waals surface area contributed by atoms with Crippen molar-refractivity contribution in [2.45, 2.75) is 76.8 Å². The second kappa shape index (κ2) is 8.45. The number of pyridine rings is 1. The summed E-state index contributed by atoms with van der Waals surface area (Å²) in [6.07, 6.45) is 0.0490. The zero-order valence-corrected chi connectivity index (χ0v) is 17.0. The van der Waals surface area contributed by atoms with Crippen LogP contribution < -0.4 is 16.0 Å². The van der Waals surface area contributed by atoms with Crippen LogP contribution in [0, 0.1) is 6.92 Å². The lowest BCUT2D eigenvalue weighted by atomic mass is 9.91. The Morgan fingerprint density at radius 1 is 1.11 bits per heavy atom. The average molecular weight is 400 g/mol. The first kappa shape index (κ1) is 21.2. The second-order valence-corrected chi connectivity index (χ2v) is 8.45. The smallest absolute Gasteiger partial charge is 0.381 e. The highest BCUT2D eigenvalue weighted by molar-refractivity contribution is 5.54. The van der Waals surface area contributed by atoms with Crippen molar-refractivity contribution in [1.82, 2.24) is 9.88 Å².